The number of hydrogen-bond acceptors (Lipinski definition) is 4. The van der Waals surface area contributed by atoms with Crippen LogP contribution in [0.4, 0.5) is 4.79 Å². The minimum Gasteiger partial charge on any atom is -0.444 e. The Hall–Kier alpha value is -1.37. The Morgan fingerprint density at radius 1 is 1.15 bits per heavy atom. The van der Waals surface area contributed by atoms with E-state index in [1.54, 1.807) is 4.90 Å². The maximum atomic E-state index is 12.7. The van der Waals surface area contributed by atoms with Crippen LogP contribution in [0.1, 0.15) is 39.2 Å². The number of piperidine rings is 1. The highest BCUT2D eigenvalue weighted by atomic mass is 28.3. The highest BCUT2D eigenvalue weighted by Gasteiger charge is 2.49. The van der Waals surface area contributed by atoms with Gasteiger partial charge in [-0.05, 0) is 26.3 Å². The van der Waals surface area contributed by atoms with Crippen molar-refractivity contribution < 1.29 is 19.4 Å². The molecule has 0 aromatic heterocycles. The molecule has 5 nitrogen and oxygen atoms in total. The number of fused-ring (bicyclic) bond motifs is 2. The van der Waals surface area contributed by atoms with Crippen LogP contribution in [0.15, 0.2) is 24.3 Å². The van der Waals surface area contributed by atoms with Gasteiger partial charge in [0, 0.05) is 12.8 Å². The van der Waals surface area contributed by atoms with E-state index in [9.17, 15) is 9.90 Å². The van der Waals surface area contributed by atoms with Gasteiger partial charge in [0.2, 0.25) is 0 Å². The van der Waals surface area contributed by atoms with E-state index in [0.29, 0.717) is 26.1 Å². The summed E-state index contributed by atoms with van der Waals surface area (Å²) in [6, 6.07) is 8.10. The summed E-state index contributed by atoms with van der Waals surface area (Å²) in [5.41, 5.74) is -0.535. The fourth-order valence-electron chi connectivity index (χ4n) is 4.11. The molecule has 2 aliphatic rings. The Morgan fingerprint density at radius 3 is 2.11 bits per heavy atom. The number of aliphatic hydroxyl groups is 1. The van der Waals surface area contributed by atoms with E-state index in [1.165, 1.54) is 5.19 Å². The standard InChI is InChI=1S/C21H33NO4Si/c1-20(2,3)26-19(23)22-16-11-21(24,12-17(22)14-25-13-16)15-7-9-18(10-8-15)27(4,5)6/h7-10,16-17,24H,11-14H2,1-6H3. The second-order valence-corrected chi connectivity index (χ2v) is 15.1. The highest BCUT2D eigenvalue weighted by molar-refractivity contribution is 6.88. The second-order valence-electron chi connectivity index (χ2n) is 10.00. The lowest BCUT2D eigenvalue weighted by Gasteiger charge is -2.51. The topological polar surface area (TPSA) is 59.0 Å². The lowest BCUT2D eigenvalue weighted by Crippen LogP contribution is -2.63. The van der Waals surface area contributed by atoms with Crippen molar-refractivity contribution >= 4 is 19.4 Å². The fraction of sp³-hybridized carbons (Fsp3) is 0.667. The lowest BCUT2D eigenvalue weighted by atomic mass is 9.77. The molecule has 0 radical (unpaired) electrons. The van der Waals surface area contributed by atoms with Crippen molar-refractivity contribution in [3.8, 4) is 0 Å². The Bertz CT molecular complexity index is 676. The van der Waals surface area contributed by atoms with Gasteiger partial charge in [0.1, 0.15) is 5.60 Å². The van der Waals surface area contributed by atoms with E-state index in [0.717, 1.165) is 5.56 Å². The Kier molecular flexibility index (Phi) is 5.21. The van der Waals surface area contributed by atoms with Crippen molar-refractivity contribution in [2.75, 3.05) is 13.2 Å². The lowest BCUT2D eigenvalue weighted by molar-refractivity contribution is -0.141. The Balaban J connectivity index is 1.82. The molecule has 1 N–H and O–H groups in total. The van der Waals surface area contributed by atoms with Crippen LogP contribution in [0.3, 0.4) is 0 Å². The van der Waals surface area contributed by atoms with Crippen molar-refractivity contribution in [1.82, 2.24) is 4.90 Å². The molecular weight excluding hydrogens is 358 g/mol. The molecule has 2 saturated heterocycles. The van der Waals surface area contributed by atoms with Crippen LogP contribution in [0.5, 0.6) is 0 Å². The zero-order valence-corrected chi connectivity index (χ0v) is 18.4. The smallest absolute Gasteiger partial charge is 0.410 e. The zero-order chi connectivity index (χ0) is 20.0. The quantitative estimate of drug-likeness (QED) is 0.787. The average Bonchev–Trinajstić information content (AvgIpc) is 2.51. The van der Waals surface area contributed by atoms with Gasteiger partial charge in [0.25, 0.3) is 0 Å². The monoisotopic (exact) mass is 391 g/mol. The van der Waals surface area contributed by atoms with Crippen LogP contribution in [0.2, 0.25) is 19.6 Å². The molecule has 2 fully saturated rings. The SMILES string of the molecule is CC(C)(C)OC(=O)N1C2COCC1CC(O)(c1ccc([Si](C)(C)C)cc1)C2. The van der Waals surface area contributed by atoms with Gasteiger partial charge in [-0.3, -0.25) is 4.90 Å². The number of carbonyl (C=O) groups is 1. The maximum Gasteiger partial charge on any atom is 0.410 e. The van der Waals surface area contributed by atoms with E-state index in [1.807, 2.05) is 20.8 Å². The van der Waals surface area contributed by atoms with E-state index >= 15 is 0 Å². The van der Waals surface area contributed by atoms with Crippen LogP contribution in [-0.4, -0.2) is 55.1 Å². The molecule has 0 spiro atoms. The molecular formula is C21H33NO4Si. The minimum atomic E-state index is -1.37. The van der Waals surface area contributed by atoms with Gasteiger partial charge < -0.3 is 14.6 Å². The summed E-state index contributed by atoms with van der Waals surface area (Å²) in [5, 5.41) is 12.8. The van der Waals surface area contributed by atoms with Crippen molar-refractivity contribution in [2.24, 2.45) is 0 Å². The molecule has 2 aliphatic heterocycles. The number of ether oxygens (including phenoxy) is 2. The van der Waals surface area contributed by atoms with Gasteiger partial charge in [0.05, 0.1) is 39.0 Å². The van der Waals surface area contributed by atoms with Gasteiger partial charge in [-0.15, -0.1) is 0 Å². The van der Waals surface area contributed by atoms with Crippen LogP contribution < -0.4 is 5.19 Å². The van der Waals surface area contributed by atoms with Crippen molar-refractivity contribution in [2.45, 2.75) is 76.5 Å². The number of hydrogen-bond donors (Lipinski definition) is 1. The van der Waals surface area contributed by atoms with Gasteiger partial charge >= 0.3 is 6.09 Å². The molecule has 27 heavy (non-hydrogen) atoms. The first-order chi connectivity index (χ1) is 12.4. The number of carbonyl (C=O) groups excluding carboxylic acids is 1. The summed E-state index contributed by atoms with van der Waals surface area (Å²) in [6.07, 6.45) is 0.626. The average molecular weight is 392 g/mol. The molecule has 2 bridgehead atoms. The molecule has 6 heteroatoms. The summed E-state index contributed by atoms with van der Waals surface area (Å²) < 4.78 is 11.3. The third-order valence-electron chi connectivity index (χ3n) is 5.45. The normalized spacial score (nSPS) is 28.8. The third-order valence-corrected chi connectivity index (χ3v) is 7.51. The van der Waals surface area contributed by atoms with Gasteiger partial charge in [-0.2, -0.15) is 0 Å². The number of benzene rings is 1. The van der Waals surface area contributed by atoms with E-state index < -0.39 is 19.3 Å². The molecule has 2 unspecified atom stereocenters. The Labute approximate surface area is 163 Å². The van der Waals surface area contributed by atoms with E-state index in [-0.39, 0.29) is 18.2 Å². The number of rotatable bonds is 2. The number of amides is 1. The minimum absolute atomic E-state index is 0.172. The van der Waals surface area contributed by atoms with Crippen LogP contribution >= 0.6 is 0 Å². The van der Waals surface area contributed by atoms with E-state index in [4.69, 9.17) is 9.47 Å². The van der Waals surface area contributed by atoms with Crippen LogP contribution in [0.25, 0.3) is 0 Å². The molecule has 1 aromatic rings. The highest BCUT2D eigenvalue weighted by Crippen LogP contribution is 2.41. The molecule has 1 amide bonds. The summed E-state index contributed by atoms with van der Waals surface area (Å²) in [6.45, 7) is 13.4. The predicted octanol–water partition coefficient (Wildman–Crippen LogP) is 3.22. The summed E-state index contributed by atoms with van der Waals surface area (Å²) in [7, 11) is -1.37. The van der Waals surface area contributed by atoms with Crippen LogP contribution in [0, 0.1) is 0 Å². The number of morpholine rings is 1. The molecule has 0 aliphatic carbocycles. The summed E-state index contributed by atoms with van der Waals surface area (Å²) >= 11 is 0. The third kappa shape index (κ3) is 4.38. The van der Waals surface area contributed by atoms with Gasteiger partial charge in [-0.1, -0.05) is 49.1 Å². The van der Waals surface area contributed by atoms with Gasteiger partial charge in [0.15, 0.2) is 0 Å². The van der Waals surface area contributed by atoms with Gasteiger partial charge in [-0.25, -0.2) is 4.79 Å². The molecule has 2 atom stereocenters. The summed E-state index contributed by atoms with van der Waals surface area (Å²) in [4.78, 5) is 14.5. The predicted molar refractivity (Wildman–Crippen MR) is 109 cm³/mol. The van der Waals surface area contributed by atoms with Crippen molar-refractivity contribution in [1.29, 1.82) is 0 Å². The first-order valence-electron chi connectivity index (χ1n) is 9.81. The van der Waals surface area contributed by atoms with E-state index in [2.05, 4.69) is 43.9 Å². The largest absolute Gasteiger partial charge is 0.444 e. The summed E-state index contributed by atoms with van der Waals surface area (Å²) in [5.74, 6) is 0. The van der Waals surface area contributed by atoms with Crippen LogP contribution in [-0.2, 0) is 15.1 Å². The number of nitrogens with zero attached hydrogens (tertiary/aromatic N) is 1. The molecule has 0 saturated carbocycles. The maximum absolute atomic E-state index is 12.7. The first-order valence-corrected chi connectivity index (χ1v) is 13.3. The first kappa shape index (κ1) is 20.4. The fourth-order valence-corrected chi connectivity index (χ4v) is 5.27. The molecule has 2 heterocycles. The van der Waals surface area contributed by atoms with Crippen molar-refractivity contribution in [3.63, 3.8) is 0 Å². The Morgan fingerprint density at radius 2 is 1.67 bits per heavy atom. The zero-order valence-electron chi connectivity index (χ0n) is 17.4. The molecule has 1 aromatic carbocycles. The molecule has 3 rings (SSSR count). The molecule has 150 valence electrons. The van der Waals surface area contributed by atoms with Crippen molar-refractivity contribution in [3.05, 3.63) is 29.8 Å². The second kappa shape index (κ2) is 6.90.